The molecule has 1 heterocycles. The molecule has 27 heavy (non-hydrogen) atoms. The van der Waals surface area contributed by atoms with Crippen LogP contribution in [0, 0.1) is 13.8 Å². The normalized spacial score (nSPS) is 12.4. The lowest BCUT2D eigenvalue weighted by Crippen LogP contribution is -2.20. The van der Waals surface area contributed by atoms with Gasteiger partial charge in [0, 0.05) is 12.4 Å². The summed E-state index contributed by atoms with van der Waals surface area (Å²) >= 11 is 0. The van der Waals surface area contributed by atoms with Gasteiger partial charge in [-0.2, -0.15) is 18.3 Å². The number of nitrogens with zero attached hydrogens (tertiary/aromatic N) is 2. The van der Waals surface area contributed by atoms with Crippen LogP contribution in [0.25, 0.3) is 16.8 Å². The first-order valence-electron chi connectivity index (χ1n) is 7.84. The minimum Gasteiger partial charge on any atom is -0.239 e. The van der Waals surface area contributed by atoms with Gasteiger partial charge < -0.3 is 0 Å². The van der Waals surface area contributed by atoms with Crippen molar-refractivity contribution in [3.05, 3.63) is 65.5 Å². The first-order chi connectivity index (χ1) is 12.5. The summed E-state index contributed by atoms with van der Waals surface area (Å²) < 4.78 is 66.5. The van der Waals surface area contributed by atoms with Crippen molar-refractivity contribution in [2.45, 2.75) is 24.9 Å². The summed E-state index contributed by atoms with van der Waals surface area (Å²) in [6.07, 6.45) is -2.32. The molecule has 142 valence electrons. The summed E-state index contributed by atoms with van der Waals surface area (Å²) in [7, 11) is -4.45. The average molecular weight is 395 g/mol. The van der Waals surface area contributed by atoms with E-state index in [2.05, 4.69) is 5.10 Å². The Labute approximate surface area is 154 Å². The smallest absolute Gasteiger partial charge is 0.239 e. The Morgan fingerprint density at radius 1 is 1.11 bits per heavy atom. The Balaban J connectivity index is 2.43. The maximum absolute atomic E-state index is 13.8. The molecular formula is C18H16F3N3O2S. The molecule has 0 aliphatic carbocycles. The van der Waals surface area contributed by atoms with E-state index >= 15 is 0 Å². The van der Waals surface area contributed by atoms with Crippen molar-refractivity contribution in [2.75, 3.05) is 0 Å². The van der Waals surface area contributed by atoms with Crippen LogP contribution in [-0.2, 0) is 16.2 Å². The molecule has 0 amide bonds. The predicted molar refractivity (Wildman–Crippen MR) is 94.8 cm³/mol. The monoisotopic (exact) mass is 395 g/mol. The van der Waals surface area contributed by atoms with Crippen molar-refractivity contribution in [3.63, 3.8) is 0 Å². The number of hydrogen-bond donors (Lipinski definition) is 1. The third-order valence-electron chi connectivity index (χ3n) is 4.11. The molecule has 0 saturated heterocycles. The van der Waals surface area contributed by atoms with E-state index in [1.165, 1.54) is 18.5 Å². The Bertz CT molecular complexity index is 1110. The molecule has 5 nitrogen and oxygen atoms in total. The molecule has 0 spiro atoms. The molecule has 0 unspecified atom stereocenters. The molecule has 9 heteroatoms. The summed E-state index contributed by atoms with van der Waals surface area (Å²) in [4.78, 5) is -0.643. The van der Waals surface area contributed by atoms with Crippen LogP contribution < -0.4 is 5.14 Å². The van der Waals surface area contributed by atoms with Crippen LogP contribution in [0.1, 0.15) is 16.7 Å². The Morgan fingerprint density at radius 3 is 2.33 bits per heavy atom. The van der Waals surface area contributed by atoms with Crippen molar-refractivity contribution in [1.29, 1.82) is 0 Å². The van der Waals surface area contributed by atoms with E-state index in [9.17, 15) is 21.6 Å². The highest BCUT2D eigenvalue weighted by Crippen LogP contribution is 2.40. The molecule has 0 bridgehead atoms. The van der Waals surface area contributed by atoms with Gasteiger partial charge in [-0.1, -0.05) is 23.8 Å². The molecule has 3 aromatic rings. The van der Waals surface area contributed by atoms with Gasteiger partial charge in [0.15, 0.2) is 0 Å². The fraction of sp³-hybridized carbons (Fsp3) is 0.167. The lowest BCUT2D eigenvalue weighted by atomic mass is 9.96. The molecule has 2 N–H and O–H groups in total. The van der Waals surface area contributed by atoms with Crippen molar-refractivity contribution in [1.82, 2.24) is 9.78 Å². The van der Waals surface area contributed by atoms with Gasteiger partial charge in [0.25, 0.3) is 0 Å². The number of halogens is 3. The highest BCUT2D eigenvalue weighted by molar-refractivity contribution is 7.89. The molecule has 0 aliphatic rings. The molecule has 2 aromatic carbocycles. The number of aryl methyl sites for hydroxylation is 2. The minimum absolute atomic E-state index is 0.111. The molecule has 1 aromatic heterocycles. The van der Waals surface area contributed by atoms with Gasteiger partial charge in [-0.15, -0.1) is 0 Å². The molecule has 0 aliphatic heterocycles. The van der Waals surface area contributed by atoms with Crippen LogP contribution in [-0.4, -0.2) is 18.2 Å². The van der Waals surface area contributed by atoms with Crippen molar-refractivity contribution in [2.24, 2.45) is 5.14 Å². The quantitative estimate of drug-likeness (QED) is 0.732. The van der Waals surface area contributed by atoms with E-state index < -0.39 is 32.3 Å². The molecule has 3 rings (SSSR count). The van der Waals surface area contributed by atoms with E-state index in [4.69, 9.17) is 5.14 Å². The third kappa shape index (κ3) is 3.74. The zero-order valence-electron chi connectivity index (χ0n) is 14.4. The van der Waals surface area contributed by atoms with Crippen molar-refractivity contribution in [3.8, 4) is 16.8 Å². The van der Waals surface area contributed by atoms with Crippen LogP contribution in [0.15, 0.2) is 53.7 Å². The van der Waals surface area contributed by atoms with E-state index in [1.54, 1.807) is 25.1 Å². The first kappa shape index (κ1) is 19.1. The highest BCUT2D eigenvalue weighted by atomic mass is 32.2. The lowest BCUT2D eigenvalue weighted by Gasteiger charge is -2.19. The van der Waals surface area contributed by atoms with Crippen LogP contribution in [0.3, 0.4) is 0 Å². The van der Waals surface area contributed by atoms with Gasteiger partial charge >= 0.3 is 6.18 Å². The number of benzene rings is 2. The van der Waals surface area contributed by atoms with Gasteiger partial charge in [-0.05, 0) is 48.7 Å². The first-order valence-corrected chi connectivity index (χ1v) is 9.39. The second kappa shape index (κ2) is 6.50. The van der Waals surface area contributed by atoms with Crippen LogP contribution in [0.5, 0.6) is 0 Å². The fourth-order valence-electron chi connectivity index (χ4n) is 2.97. The van der Waals surface area contributed by atoms with Crippen LogP contribution >= 0.6 is 0 Å². The standard InChI is InChI=1S/C18H16F3N3O2S/c1-11-4-5-14(12(2)8-11)13-9-15(18(19,20)21)17(24-7-3-6-23-24)16(10-13)27(22,25)26/h3-10H,1-2H3,(H2,22,25,26). The Hall–Kier alpha value is -2.65. The Kier molecular flexibility index (Phi) is 4.61. The Morgan fingerprint density at radius 2 is 1.81 bits per heavy atom. The minimum atomic E-state index is -4.81. The second-order valence-corrected chi connectivity index (χ2v) is 7.71. The van der Waals surface area contributed by atoms with E-state index in [-0.39, 0.29) is 5.56 Å². The number of alkyl halides is 3. The zero-order chi connectivity index (χ0) is 20.0. The zero-order valence-corrected chi connectivity index (χ0v) is 15.3. The molecule has 0 fully saturated rings. The third-order valence-corrected chi connectivity index (χ3v) is 5.04. The number of aromatic nitrogens is 2. The van der Waals surface area contributed by atoms with E-state index in [1.807, 2.05) is 6.92 Å². The van der Waals surface area contributed by atoms with Gasteiger partial charge in [-0.3, -0.25) is 0 Å². The van der Waals surface area contributed by atoms with Gasteiger partial charge in [-0.25, -0.2) is 18.2 Å². The summed E-state index contributed by atoms with van der Waals surface area (Å²) in [5.74, 6) is 0. The molecule has 0 atom stereocenters. The molecule has 0 saturated carbocycles. The number of rotatable bonds is 3. The predicted octanol–water partition coefficient (Wildman–Crippen LogP) is 3.82. The summed E-state index contributed by atoms with van der Waals surface area (Å²) in [6, 6.07) is 8.67. The largest absolute Gasteiger partial charge is 0.418 e. The van der Waals surface area contributed by atoms with Gasteiger partial charge in [0.05, 0.1) is 11.3 Å². The number of sulfonamides is 1. The fourth-order valence-corrected chi connectivity index (χ4v) is 3.74. The topological polar surface area (TPSA) is 78.0 Å². The number of hydrogen-bond acceptors (Lipinski definition) is 3. The maximum atomic E-state index is 13.8. The van der Waals surface area contributed by atoms with Crippen molar-refractivity contribution < 1.29 is 21.6 Å². The second-order valence-electron chi connectivity index (χ2n) is 6.18. The van der Waals surface area contributed by atoms with Gasteiger partial charge in [0.2, 0.25) is 10.0 Å². The van der Waals surface area contributed by atoms with Crippen molar-refractivity contribution >= 4 is 10.0 Å². The van der Waals surface area contributed by atoms with E-state index in [0.29, 0.717) is 5.56 Å². The van der Waals surface area contributed by atoms with Crippen LogP contribution in [0.2, 0.25) is 0 Å². The summed E-state index contributed by atoms with van der Waals surface area (Å²) in [5, 5.41) is 9.01. The highest BCUT2D eigenvalue weighted by Gasteiger charge is 2.38. The lowest BCUT2D eigenvalue weighted by molar-refractivity contribution is -0.137. The van der Waals surface area contributed by atoms with Crippen LogP contribution in [0.4, 0.5) is 13.2 Å². The SMILES string of the molecule is Cc1ccc(-c2cc(C(F)(F)F)c(-n3cccn3)c(S(N)(=O)=O)c2)c(C)c1. The maximum Gasteiger partial charge on any atom is 0.418 e. The number of primary sulfonamides is 1. The average Bonchev–Trinajstić information content (AvgIpc) is 3.06. The molecular weight excluding hydrogens is 379 g/mol. The number of nitrogens with two attached hydrogens (primary N) is 1. The van der Waals surface area contributed by atoms with Gasteiger partial charge in [0.1, 0.15) is 4.90 Å². The van der Waals surface area contributed by atoms with E-state index in [0.717, 1.165) is 27.9 Å². The summed E-state index contributed by atoms with van der Waals surface area (Å²) in [6.45, 7) is 3.60. The molecule has 0 radical (unpaired) electrons. The summed E-state index contributed by atoms with van der Waals surface area (Å²) in [5.41, 5.74) is 0.501.